The molecule has 1 unspecified atom stereocenters. The molecular formula is C40H48N6O3Si. The standard InChI is InChI=1S/C40H48N6O3Si/c1-6-8-21-44(22-9-7-2)40(48)35-24-28(4)46(41-35)36-20-19-33(43-50-38-29(5)49-42-37(38)30-15-11-10-12-16-30)25-34(36)39(47)45-26-32-18-14-13-17-31(32)23-27(45)3/h10-20,24-25,27,43H,6-9,21-23,26,50H2,1-5H3. The number of carbonyl (C=O) groups excluding carboxylic acids is 2. The third kappa shape index (κ3) is 7.45. The largest absolute Gasteiger partial charge is 0.411 e. The zero-order valence-corrected chi connectivity index (χ0v) is 31.3. The molecule has 3 aromatic carbocycles. The van der Waals surface area contributed by atoms with Gasteiger partial charge >= 0.3 is 0 Å². The Labute approximate surface area is 297 Å². The van der Waals surface area contributed by atoms with Crippen molar-refractivity contribution in [2.45, 2.75) is 79.3 Å². The number of aryl methyl sites for hydroxylation is 2. The number of benzene rings is 3. The van der Waals surface area contributed by atoms with E-state index in [0.29, 0.717) is 36.6 Å². The highest BCUT2D eigenvalue weighted by Crippen LogP contribution is 2.29. The molecule has 1 N–H and O–H groups in total. The number of anilines is 1. The monoisotopic (exact) mass is 688 g/mol. The number of nitrogens with zero attached hydrogens (tertiary/aromatic N) is 5. The molecule has 1 aliphatic heterocycles. The van der Waals surface area contributed by atoms with E-state index in [0.717, 1.165) is 65.7 Å². The molecule has 2 amide bonds. The average molecular weight is 689 g/mol. The van der Waals surface area contributed by atoms with Gasteiger partial charge in [0.15, 0.2) is 15.4 Å². The zero-order chi connectivity index (χ0) is 35.2. The van der Waals surface area contributed by atoms with Crippen molar-refractivity contribution in [3.8, 4) is 16.9 Å². The maximum Gasteiger partial charge on any atom is 0.274 e. The van der Waals surface area contributed by atoms with Crippen molar-refractivity contribution >= 4 is 32.4 Å². The molecule has 5 aromatic rings. The Kier molecular flexibility index (Phi) is 11.0. The van der Waals surface area contributed by atoms with Crippen LogP contribution in [0.25, 0.3) is 16.9 Å². The van der Waals surface area contributed by atoms with Gasteiger partial charge in [-0.25, -0.2) is 4.68 Å². The molecule has 50 heavy (non-hydrogen) atoms. The first kappa shape index (κ1) is 34.9. The fourth-order valence-corrected chi connectivity index (χ4v) is 8.07. The Morgan fingerprint density at radius 3 is 2.36 bits per heavy atom. The summed E-state index contributed by atoms with van der Waals surface area (Å²) >= 11 is 0. The minimum atomic E-state index is -1.10. The molecule has 9 nitrogen and oxygen atoms in total. The number of carbonyl (C=O) groups is 2. The maximum absolute atomic E-state index is 14.7. The number of nitrogens with one attached hydrogen (secondary N) is 1. The topological polar surface area (TPSA) is 96.5 Å². The molecule has 260 valence electrons. The molecular weight excluding hydrogens is 641 g/mol. The first-order valence-corrected chi connectivity index (χ1v) is 19.3. The van der Waals surface area contributed by atoms with Crippen molar-refractivity contribution in [2.24, 2.45) is 0 Å². The van der Waals surface area contributed by atoms with Gasteiger partial charge in [-0.1, -0.05) is 86.4 Å². The molecule has 0 saturated carbocycles. The van der Waals surface area contributed by atoms with E-state index in [1.54, 1.807) is 4.68 Å². The summed E-state index contributed by atoms with van der Waals surface area (Å²) in [6.07, 6.45) is 4.72. The lowest BCUT2D eigenvalue weighted by molar-refractivity contribution is 0.0658. The van der Waals surface area contributed by atoms with Crippen molar-refractivity contribution in [3.63, 3.8) is 0 Å². The van der Waals surface area contributed by atoms with Crippen LogP contribution in [0.5, 0.6) is 0 Å². The predicted octanol–water partition coefficient (Wildman–Crippen LogP) is 6.59. The van der Waals surface area contributed by atoms with Gasteiger partial charge in [-0.3, -0.25) is 9.59 Å². The van der Waals surface area contributed by atoms with Gasteiger partial charge in [-0.05, 0) is 75.4 Å². The number of unbranched alkanes of at least 4 members (excludes halogenated alkanes) is 2. The third-order valence-electron chi connectivity index (χ3n) is 9.68. The van der Waals surface area contributed by atoms with Crippen LogP contribution in [-0.4, -0.2) is 65.4 Å². The minimum absolute atomic E-state index is 0.0193. The van der Waals surface area contributed by atoms with Gasteiger partial charge in [0.05, 0.1) is 11.3 Å². The molecule has 0 bridgehead atoms. The Morgan fingerprint density at radius 2 is 1.64 bits per heavy atom. The van der Waals surface area contributed by atoms with Crippen molar-refractivity contribution in [2.75, 3.05) is 18.1 Å². The van der Waals surface area contributed by atoms with E-state index in [4.69, 9.17) is 9.62 Å². The molecule has 1 atom stereocenters. The highest BCUT2D eigenvalue weighted by molar-refractivity contribution is 6.59. The summed E-state index contributed by atoms with van der Waals surface area (Å²) in [6, 6.07) is 26.2. The second kappa shape index (κ2) is 15.7. The molecule has 0 radical (unpaired) electrons. The van der Waals surface area contributed by atoms with Crippen molar-refractivity contribution < 1.29 is 14.1 Å². The van der Waals surface area contributed by atoms with Crippen LogP contribution in [0.2, 0.25) is 0 Å². The molecule has 0 aliphatic carbocycles. The highest BCUT2D eigenvalue weighted by Gasteiger charge is 2.30. The van der Waals surface area contributed by atoms with Gasteiger partial charge in [0.25, 0.3) is 11.8 Å². The molecule has 6 rings (SSSR count). The molecule has 1 aliphatic rings. The summed E-state index contributed by atoms with van der Waals surface area (Å²) in [5.41, 5.74) is 7.57. The molecule has 10 heteroatoms. The Balaban J connectivity index is 1.35. The fourth-order valence-electron chi connectivity index (χ4n) is 6.72. The van der Waals surface area contributed by atoms with Crippen LogP contribution in [0.4, 0.5) is 5.69 Å². The Bertz CT molecular complexity index is 1940. The smallest absolute Gasteiger partial charge is 0.274 e. The summed E-state index contributed by atoms with van der Waals surface area (Å²) < 4.78 is 7.40. The SMILES string of the molecule is CCCCN(CCCC)C(=O)c1cc(C)n(-c2ccc(N[SiH2]c3c(-c4ccccc4)noc3C)cc2C(=O)N2Cc3ccccc3CC2C)n1. The predicted molar refractivity (Wildman–Crippen MR) is 202 cm³/mol. The maximum atomic E-state index is 14.7. The Hall–Kier alpha value is -4.96. The highest BCUT2D eigenvalue weighted by atomic mass is 28.2. The Morgan fingerprint density at radius 1 is 0.940 bits per heavy atom. The average Bonchev–Trinajstić information content (AvgIpc) is 3.71. The molecule has 0 saturated heterocycles. The second-order valence-corrected chi connectivity index (χ2v) is 14.8. The summed E-state index contributed by atoms with van der Waals surface area (Å²) in [7, 11) is -1.10. The van der Waals surface area contributed by atoms with Gasteiger partial charge in [-0.2, -0.15) is 5.10 Å². The van der Waals surface area contributed by atoms with Crippen LogP contribution in [-0.2, 0) is 13.0 Å². The molecule has 2 aromatic heterocycles. The van der Waals surface area contributed by atoms with Crippen molar-refractivity contribution in [1.29, 1.82) is 0 Å². The number of hydrogen-bond donors (Lipinski definition) is 1. The number of amides is 2. The number of aromatic nitrogens is 3. The molecule has 3 heterocycles. The van der Waals surface area contributed by atoms with Crippen LogP contribution >= 0.6 is 0 Å². The van der Waals surface area contributed by atoms with E-state index in [2.05, 4.69) is 49.1 Å². The quantitative estimate of drug-likeness (QED) is 0.140. The normalized spacial score (nSPS) is 14.3. The lowest BCUT2D eigenvalue weighted by atomic mass is 9.94. The lowest BCUT2D eigenvalue weighted by Crippen LogP contribution is -2.43. The van der Waals surface area contributed by atoms with Gasteiger partial charge in [0.2, 0.25) is 0 Å². The van der Waals surface area contributed by atoms with E-state index >= 15 is 0 Å². The van der Waals surface area contributed by atoms with Crippen molar-refractivity contribution in [3.05, 3.63) is 113 Å². The minimum Gasteiger partial charge on any atom is -0.411 e. The van der Waals surface area contributed by atoms with Crippen LogP contribution in [0.15, 0.2) is 83.4 Å². The number of fused-ring (bicyclic) bond motifs is 1. The van der Waals surface area contributed by atoms with Crippen LogP contribution in [0, 0.1) is 13.8 Å². The van der Waals surface area contributed by atoms with Gasteiger partial charge in [0.1, 0.15) is 11.5 Å². The van der Waals surface area contributed by atoms with Gasteiger partial charge in [-0.15, -0.1) is 0 Å². The van der Waals surface area contributed by atoms with Crippen LogP contribution < -0.4 is 10.2 Å². The number of hydrogen-bond acceptors (Lipinski definition) is 6. The van der Waals surface area contributed by atoms with E-state index < -0.39 is 9.68 Å². The molecule has 0 fully saturated rings. The summed E-state index contributed by atoms with van der Waals surface area (Å²) in [6.45, 7) is 12.2. The summed E-state index contributed by atoms with van der Waals surface area (Å²) in [5, 5.41) is 10.3. The summed E-state index contributed by atoms with van der Waals surface area (Å²) in [4.78, 5) is 36.0. The lowest BCUT2D eigenvalue weighted by Gasteiger charge is -2.35. The van der Waals surface area contributed by atoms with E-state index in [9.17, 15) is 9.59 Å². The first-order valence-electron chi connectivity index (χ1n) is 17.9. The summed E-state index contributed by atoms with van der Waals surface area (Å²) in [5.74, 6) is 0.673. The third-order valence-corrected chi connectivity index (χ3v) is 11.5. The van der Waals surface area contributed by atoms with Crippen molar-refractivity contribution in [1.82, 2.24) is 24.7 Å². The van der Waals surface area contributed by atoms with Crippen LogP contribution in [0.3, 0.4) is 0 Å². The van der Waals surface area contributed by atoms with E-state index in [1.807, 2.05) is 84.3 Å². The van der Waals surface area contributed by atoms with Crippen LogP contribution in [0.1, 0.15) is 89.9 Å². The van der Waals surface area contributed by atoms with E-state index in [-0.39, 0.29) is 17.9 Å². The van der Waals surface area contributed by atoms with E-state index in [1.165, 1.54) is 11.1 Å². The number of rotatable bonds is 13. The zero-order valence-electron chi connectivity index (χ0n) is 29.9. The van der Waals surface area contributed by atoms with Gasteiger partial charge in [0, 0.05) is 47.8 Å². The first-order chi connectivity index (χ1) is 24.3. The van der Waals surface area contributed by atoms with Gasteiger partial charge < -0.3 is 19.3 Å². The second-order valence-electron chi connectivity index (χ2n) is 13.4. The molecule has 0 spiro atoms. The fraction of sp³-hybridized carbons (Fsp3) is 0.350.